The quantitative estimate of drug-likeness (QED) is 0.690. The Bertz CT molecular complexity index is 455. The van der Waals surface area contributed by atoms with Crippen LogP contribution in [0.3, 0.4) is 0 Å². The number of rotatable bonds is 0. The molecule has 1 amide bonds. The number of amides is 1. The molecule has 5 rings (SSSR count). The third-order valence-corrected chi connectivity index (χ3v) is 6.12. The van der Waals surface area contributed by atoms with Gasteiger partial charge < -0.3 is 10.1 Å². The predicted molar refractivity (Wildman–Crippen MR) is 70.1 cm³/mol. The Hall–Kier alpha value is -0.650. The van der Waals surface area contributed by atoms with Crippen LogP contribution in [0.4, 0.5) is 0 Å². The molecule has 0 aromatic heterocycles. The second kappa shape index (κ2) is 3.96. The SMILES string of the molecule is C[C@@H]1CCC2[C@@H](C)C(=O)N[C@@H]3O[C@@]4(C)CC[C@@H]1[C@@]23OO4. The first-order valence-corrected chi connectivity index (χ1v) is 7.81. The molecule has 112 valence electrons. The van der Waals surface area contributed by atoms with Crippen LogP contribution in [0.5, 0.6) is 0 Å². The highest BCUT2D eigenvalue weighted by atomic mass is 17.3. The molecule has 0 aromatic rings. The van der Waals surface area contributed by atoms with Crippen LogP contribution in [-0.4, -0.2) is 23.5 Å². The maximum Gasteiger partial charge on any atom is 0.225 e. The molecule has 20 heavy (non-hydrogen) atoms. The number of nitrogens with one attached hydrogen (secondary N) is 1. The smallest absolute Gasteiger partial charge is 0.225 e. The molecule has 1 N–H and O–H groups in total. The van der Waals surface area contributed by atoms with E-state index in [1.807, 2.05) is 13.8 Å². The fourth-order valence-corrected chi connectivity index (χ4v) is 4.92. The zero-order chi connectivity index (χ0) is 14.1. The molecule has 5 fully saturated rings. The topological polar surface area (TPSA) is 56.8 Å². The molecule has 4 heterocycles. The highest BCUT2D eigenvalue weighted by Gasteiger charge is 2.68. The van der Waals surface area contributed by atoms with Crippen molar-refractivity contribution in [1.82, 2.24) is 5.32 Å². The lowest BCUT2D eigenvalue weighted by Crippen LogP contribution is -2.74. The molecule has 7 atom stereocenters. The van der Waals surface area contributed by atoms with Crippen molar-refractivity contribution < 1.29 is 19.3 Å². The predicted octanol–water partition coefficient (Wildman–Crippen LogP) is 1.97. The fraction of sp³-hybridized carbons (Fsp3) is 0.933. The van der Waals surface area contributed by atoms with Crippen molar-refractivity contribution in [3.05, 3.63) is 0 Å². The van der Waals surface area contributed by atoms with Crippen molar-refractivity contribution in [2.75, 3.05) is 0 Å². The maximum atomic E-state index is 12.2. The van der Waals surface area contributed by atoms with Gasteiger partial charge in [-0.05, 0) is 38.0 Å². The number of piperidine rings is 1. The van der Waals surface area contributed by atoms with Crippen molar-refractivity contribution in [1.29, 1.82) is 0 Å². The first-order valence-electron chi connectivity index (χ1n) is 7.81. The first kappa shape index (κ1) is 13.0. The van der Waals surface area contributed by atoms with E-state index in [2.05, 4.69) is 12.2 Å². The van der Waals surface area contributed by atoms with E-state index < -0.39 is 11.4 Å². The maximum absolute atomic E-state index is 12.2. The summed E-state index contributed by atoms with van der Waals surface area (Å²) in [7, 11) is 0. The van der Waals surface area contributed by atoms with Gasteiger partial charge in [0, 0.05) is 18.3 Å². The molecule has 1 spiro atoms. The molecule has 5 nitrogen and oxygen atoms in total. The summed E-state index contributed by atoms with van der Waals surface area (Å²) in [5.74, 6) is 0.452. The van der Waals surface area contributed by atoms with Gasteiger partial charge in [-0.1, -0.05) is 13.8 Å². The standard InChI is InChI=1S/C15H23NO4/c1-8-4-5-11-9(2)12(17)16-13-15(11)10(8)6-7-14(3,18-13)19-20-15/h8-11,13H,4-7H2,1-3H3,(H,16,17)/t8-,9-,10+,11?,13-,14-,15-/m1/s1. The molecular weight excluding hydrogens is 258 g/mol. The Morgan fingerprint density at radius 3 is 2.75 bits per heavy atom. The van der Waals surface area contributed by atoms with E-state index in [0.29, 0.717) is 11.8 Å². The van der Waals surface area contributed by atoms with E-state index >= 15 is 0 Å². The zero-order valence-electron chi connectivity index (χ0n) is 12.3. The summed E-state index contributed by atoms with van der Waals surface area (Å²) in [5, 5.41) is 3.04. The van der Waals surface area contributed by atoms with Gasteiger partial charge in [0.25, 0.3) is 0 Å². The minimum atomic E-state index is -0.731. The zero-order valence-corrected chi connectivity index (χ0v) is 12.3. The minimum absolute atomic E-state index is 0.0455. The number of hydrogen-bond donors (Lipinski definition) is 1. The average Bonchev–Trinajstić information content (AvgIpc) is 2.63. The molecule has 4 saturated heterocycles. The summed E-state index contributed by atoms with van der Waals surface area (Å²) >= 11 is 0. The van der Waals surface area contributed by atoms with E-state index in [1.54, 1.807) is 0 Å². The van der Waals surface area contributed by atoms with Gasteiger partial charge in [0.2, 0.25) is 11.7 Å². The third kappa shape index (κ3) is 1.46. The lowest BCUT2D eigenvalue weighted by atomic mass is 9.57. The van der Waals surface area contributed by atoms with Crippen LogP contribution >= 0.6 is 0 Å². The van der Waals surface area contributed by atoms with Gasteiger partial charge in [-0.25, -0.2) is 9.78 Å². The summed E-state index contributed by atoms with van der Waals surface area (Å²) in [6.45, 7) is 6.19. The Balaban J connectivity index is 1.84. The molecule has 1 aliphatic carbocycles. The van der Waals surface area contributed by atoms with E-state index in [1.165, 1.54) is 0 Å². The Morgan fingerprint density at radius 2 is 1.95 bits per heavy atom. The van der Waals surface area contributed by atoms with Crippen LogP contribution in [0.2, 0.25) is 0 Å². The Kier molecular flexibility index (Phi) is 2.58. The molecule has 4 aliphatic heterocycles. The van der Waals surface area contributed by atoms with E-state index in [-0.39, 0.29) is 24.0 Å². The van der Waals surface area contributed by atoms with Crippen LogP contribution in [0, 0.1) is 23.7 Å². The van der Waals surface area contributed by atoms with Crippen molar-refractivity contribution in [2.24, 2.45) is 23.7 Å². The van der Waals surface area contributed by atoms with E-state index in [4.69, 9.17) is 14.5 Å². The summed E-state index contributed by atoms with van der Waals surface area (Å²) in [6, 6.07) is 0. The van der Waals surface area contributed by atoms with E-state index in [0.717, 1.165) is 25.7 Å². The van der Waals surface area contributed by atoms with Crippen LogP contribution in [0.25, 0.3) is 0 Å². The van der Waals surface area contributed by atoms with Gasteiger partial charge in [0.1, 0.15) is 0 Å². The highest BCUT2D eigenvalue weighted by Crippen LogP contribution is 2.58. The van der Waals surface area contributed by atoms with Crippen molar-refractivity contribution >= 4 is 5.91 Å². The molecular formula is C15H23NO4. The Morgan fingerprint density at radius 1 is 1.15 bits per heavy atom. The van der Waals surface area contributed by atoms with Crippen LogP contribution in [0.1, 0.15) is 46.5 Å². The Labute approximate surface area is 119 Å². The molecule has 0 aromatic carbocycles. The van der Waals surface area contributed by atoms with Crippen molar-refractivity contribution in [3.63, 3.8) is 0 Å². The minimum Gasteiger partial charge on any atom is -0.328 e. The summed E-state index contributed by atoms with van der Waals surface area (Å²) in [4.78, 5) is 23.9. The lowest BCUT2D eigenvalue weighted by molar-refractivity contribution is -0.538. The lowest BCUT2D eigenvalue weighted by Gasteiger charge is -2.58. The molecule has 5 aliphatic rings. The van der Waals surface area contributed by atoms with Gasteiger partial charge in [-0.3, -0.25) is 4.79 Å². The summed E-state index contributed by atoms with van der Waals surface area (Å²) in [6.07, 6.45) is 3.64. The van der Waals surface area contributed by atoms with Crippen LogP contribution in [0.15, 0.2) is 0 Å². The van der Waals surface area contributed by atoms with Gasteiger partial charge in [-0.2, -0.15) is 0 Å². The molecule has 2 bridgehead atoms. The van der Waals surface area contributed by atoms with Crippen molar-refractivity contribution in [3.8, 4) is 0 Å². The normalized spacial score (nSPS) is 57.8. The highest BCUT2D eigenvalue weighted by molar-refractivity contribution is 5.80. The number of carbonyl (C=O) groups excluding carboxylic acids is 1. The van der Waals surface area contributed by atoms with Gasteiger partial charge in [-0.15, -0.1) is 0 Å². The van der Waals surface area contributed by atoms with Gasteiger partial charge in [0.15, 0.2) is 11.8 Å². The first-order chi connectivity index (χ1) is 9.46. The van der Waals surface area contributed by atoms with Gasteiger partial charge >= 0.3 is 0 Å². The number of hydrogen-bond acceptors (Lipinski definition) is 4. The van der Waals surface area contributed by atoms with Crippen LogP contribution < -0.4 is 5.32 Å². The number of ether oxygens (including phenoxy) is 1. The number of fused-ring (bicyclic) bond motifs is 2. The second-order valence-electron chi connectivity index (χ2n) is 7.26. The second-order valence-corrected chi connectivity index (χ2v) is 7.26. The monoisotopic (exact) mass is 281 g/mol. The summed E-state index contributed by atoms with van der Waals surface area (Å²) < 4.78 is 6.12. The van der Waals surface area contributed by atoms with Gasteiger partial charge in [0.05, 0.1) is 0 Å². The summed E-state index contributed by atoms with van der Waals surface area (Å²) in [5.41, 5.74) is -0.499. The number of carbonyl (C=O) groups is 1. The van der Waals surface area contributed by atoms with Crippen LogP contribution in [-0.2, 0) is 19.3 Å². The van der Waals surface area contributed by atoms with E-state index in [9.17, 15) is 4.79 Å². The largest absolute Gasteiger partial charge is 0.328 e. The molecule has 1 saturated carbocycles. The third-order valence-electron chi connectivity index (χ3n) is 6.12. The molecule has 5 heteroatoms. The fourth-order valence-electron chi connectivity index (χ4n) is 4.92. The molecule has 1 unspecified atom stereocenters. The van der Waals surface area contributed by atoms with Crippen molar-refractivity contribution in [2.45, 2.75) is 64.1 Å². The molecule has 0 radical (unpaired) electrons. The average molecular weight is 281 g/mol.